The van der Waals surface area contributed by atoms with Gasteiger partial charge in [0.15, 0.2) is 5.96 Å². The van der Waals surface area contributed by atoms with Crippen LogP contribution in [0, 0.1) is 5.41 Å². The van der Waals surface area contributed by atoms with Crippen molar-refractivity contribution in [2.24, 2.45) is 5.73 Å². The maximum absolute atomic E-state index is 14.4. The van der Waals surface area contributed by atoms with Crippen LogP contribution in [0.1, 0.15) is 55.2 Å². The van der Waals surface area contributed by atoms with Crippen molar-refractivity contribution in [2.45, 2.75) is 63.1 Å². The number of rotatable bonds is 14. The summed E-state index contributed by atoms with van der Waals surface area (Å²) in [5, 5.41) is 19.6. The molecule has 3 atom stereocenters. The molecule has 4 aromatic rings. The number of nitrogens with two attached hydrogens (primary N) is 1. The van der Waals surface area contributed by atoms with E-state index < -0.39 is 12.1 Å². The summed E-state index contributed by atoms with van der Waals surface area (Å²) in [7, 11) is 0. The third kappa shape index (κ3) is 9.58. The fourth-order valence-electron chi connectivity index (χ4n) is 6.57. The van der Waals surface area contributed by atoms with E-state index in [1.807, 2.05) is 60.4 Å². The Hall–Kier alpha value is -4.89. The molecule has 0 saturated carbocycles. The van der Waals surface area contributed by atoms with Crippen molar-refractivity contribution in [3.8, 4) is 0 Å². The summed E-state index contributed by atoms with van der Waals surface area (Å²) in [5.74, 6) is -0.0489. The number of carbonyl (C=O) groups excluding carboxylic acids is 2. The van der Waals surface area contributed by atoms with Crippen LogP contribution < -0.4 is 21.7 Å². The average Bonchev–Trinajstić information content (AvgIpc) is 3.26. The first-order valence-electron chi connectivity index (χ1n) is 17.0. The Kier molecular flexibility index (Phi) is 12.4. The first-order valence-corrected chi connectivity index (χ1v) is 17.0. The van der Waals surface area contributed by atoms with Crippen LogP contribution in [-0.2, 0) is 16.0 Å². The molecule has 5 rings (SSSR count). The summed E-state index contributed by atoms with van der Waals surface area (Å²) in [6.07, 6.45) is 2.70. The first kappa shape index (κ1) is 34.4. The molecular formula is C39H48N6O3. The highest BCUT2D eigenvalue weighted by molar-refractivity contribution is 5.83. The lowest BCUT2D eigenvalue weighted by Gasteiger charge is -2.30. The highest BCUT2D eigenvalue weighted by Gasteiger charge is 2.36. The second-order valence-electron chi connectivity index (χ2n) is 12.5. The molecule has 1 fully saturated rings. The van der Waals surface area contributed by atoms with Crippen LogP contribution >= 0.6 is 0 Å². The van der Waals surface area contributed by atoms with Gasteiger partial charge in [0, 0.05) is 31.6 Å². The van der Waals surface area contributed by atoms with Crippen molar-refractivity contribution >= 4 is 28.7 Å². The van der Waals surface area contributed by atoms with E-state index in [1.54, 1.807) is 0 Å². The minimum Gasteiger partial charge on any atom is -0.450 e. The number of alkyl carbamates (subject to hydrolysis) is 1. The quantitative estimate of drug-likeness (QED) is 0.0693. The predicted molar refractivity (Wildman–Crippen MR) is 192 cm³/mol. The van der Waals surface area contributed by atoms with Gasteiger partial charge in [0.05, 0.1) is 18.7 Å². The van der Waals surface area contributed by atoms with Crippen LogP contribution in [-0.4, -0.2) is 67.2 Å². The highest BCUT2D eigenvalue weighted by atomic mass is 16.5. The molecule has 48 heavy (non-hydrogen) atoms. The van der Waals surface area contributed by atoms with Crippen LogP contribution in [0.25, 0.3) is 10.8 Å². The Balaban J connectivity index is 1.43. The maximum Gasteiger partial charge on any atom is 0.407 e. The summed E-state index contributed by atoms with van der Waals surface area (Å²) in [5.41, 5.74) is 8.94. The summed E-state index contributed by atoms with van der Waals surface area (Å²) in [4.78, 5) is 29.4. The number of benzene rings is 4. The second kappa shape index (κ2) is 17.3. The molecular weight excluding hydrogens is 600 g/mol. The molecule has 1 saturated heterocycles. The molecule has 0 radical (unpaired) electrons. The van der Waals surface area contributed by atoms with Crippen LogP contribution in [0.4, 0.5) is 4.79 Å². The van der Waals surface area contributed by atoms with Gasteiger partial charge in [-0.05, 0) is 59.6 Å². The van der Waals surface area contributed by atoms with E-state index in [0.29, 0.717) is 51.9 Å². The molecule has 0 aromatic heterocycles. The van der Waals surface area contributed by atoms with Crippen molar-refractivity contribution in [3.05, 3.63) is 120 Å². The van der Waals surface area contributed by atoms with E-state index in [1.165, 1.54) is 0 Å². The largest absolute Gasteiger partial charge is 0.450 e. The Bertz CT molecular complexity index is 1590. The van der Waals surface area contributed by atoms with Gasteiger partial charge < -0.3 is 31.3 Å². The number of carbonyl (C=O) groups is 2. The molecule has 0 aliphatic carbocycles. The van der Waals surface area contributed by atoms with E-state index in [-0.39, 0.29) is 29.9 Å². The summed E-state index contributed by atoms with van der Waals surface area (Å²) in [6, 6.07) is 34.3. The monoisotopic (exact) mass is 648 g/mol. The van der Waals surface area contributed by atoms with Gasteiger partial charge in [0.2, 0.25) is 5.91 Å². The third-order valence-corrected chi connectivity index (χ3v) is 9.02. The van der Waals surface area contributed by atoms with Crippen molar-refractivity contribution in [1.82, 2.24) is 20.9 Å². The van der Waals surface area contributed by atoms with Crippen LogP contribution in [0.3, 0.4) is 0 Å². The van der Waals surface area contributed by atoms with Crippen LogP contribution in [0.5, 0.6) is 0 Å². The molecule has 1 heterocycles. The zero-order valence-electron chi connectivity index (χ0n) is 27.7. The number of amides is 2. The first-order chi connectivity index (χ1) is 23.4. The van der Waals surface area contributed by atoms with E-state index in [0.717, 1.165) is 33.9 Å². The molecule has 0 bridgehead atoms. The van der Waals surface area contributed by atoms with Crippen molar-refractivity contribution < 1.29 is 14.3 Å². The Morgan fingerprint density at radius 3 is 2.31 bits per heavy atom. The summed E-state index contributed by atoms with van der Waals surface area (Å²) in [6.45, 7) is 3.87. The van der Waals surface area contributed by atoms with Gasteiger partial charge in [-0.3, -0.25) is 10.2 Å². The zero-order valence-corrected chi connectivity index (χ0v) is 27.7. The molecule has 4 aromatic carbocycles. The van der Waals surface area contributed by atoms with Crippen molar-refractivity contribution in [3.63, 3.8) is 0 Å². The molecule has 252 valence electrons. The third-order valence-electron chi connectivity index (χ3n) is 9.02. The smallest absolute Gasteiger partial charge is 0.407 e. The number of fused-ring (bicyclic) bond motifs is 1. The standard InChI is InChI=1S/C39H48N6O3/c1-2-24-48-39(47)44-36(26-28-19-20-29-12-9-10-17-32(29)25-28)34-21-23-45(37(46)35(43-34)18-11-22-42-38(40)41)27-33(30-13-5-3-6-14-30)31-15-7-4-8-16-31/h3-10,12-17,19-20,25,33-36,43H,2,11,18,21-24,26-27H2,1H3,(H,44,47)(H4,40,41,42)/t34-,35-,36+/m0/s1. The fourth-order valence-corrected chi connectivity index (χ4v) is 6.57. The lowest BCUT2D eigenvalue weighted by Crippen LogP contribution is -2.55. The van der Waals surface area contributed by atoms with Gasteiger partial charge in [0.1, 0.15) is 0 Å². The summed E-state index contributed by atoms with van der Waals surface area (Å²) < 4.78 is 5.48. The number of hydrogen-bond acceptors (Lipinski definition) is 5. The minimum absolute atomic E-state index is 0.00322. The molecule has 2 amide bonds. The molecule has 6 N–H and O–H groups in total. The number of nitrogens with zero attached hydrogens (tertiary/aromatic N) is 1. The molecule has 0 unspecified atom stereocenters. The van der Waals surface area contributed by atoms with Gasteiger partial charge in [-0.15, -0.1) is 0 Å². The summed E-state index contributed by atoms with van der Waals surface area (Å²) >= 11 is 0. The van der Waals surface area contributed by atoms with Crippen molar-refractivity contribution in [1.29, 1.82) is 5.41 Å². The van der Waals surface area contributed by atoms with E-state index in [9.17, 15) is 9.59 Å². The zero-order chi connectivity index (χ0) is 33.7. The SMILES string of the molecule is CCCOC(=O)N[C@H](Cc1ccc2ccccc2c1)[C@@H]1CCN(CC(c2ccccc2)c2ccccc2)C(=O)[C@H](CCCNC(=N)N)N1. The van der Waals surface area contributed by atoms with E-state index in [2.05, 4.69) is 70.5 Å². The lowest BCUT2D eigenvalue weighted by molar-refractivity contribution is -0.133. The topological polar surface area (TPSA) is 133 Å². The van der Waals surface area contributed by atoms with Gasteiger partial charge >= 0.3 is 6.09 Å². The normalized spacial score (nSPS) is 17.1. The van der Waals surface area contributed by atoms with Crippen molar-refractivity contribution in [2.75, 3.05) is 26.2 Å². The maximum atomic E-state index is 14.4. The molecule has 1 aliphatic rings. The number of ether oxygens (including phenoxy) is 1. The van der Waals surface area contributed by atoms with Gasteiger partial charge in [0.25, 0.3) is 0 Å². The molecule has 0 spiro atoms. The molecule has 1 aliphatic heterocycles. The number of guanidine groups is 1. The van der Waals surface area contributed by atoms with Crippen LogP contribution in [0.15, 0.2) is 103 Å². The Labute approximate surface area is 283 Å². The second-order valence-corrected chi connectivity index (χ2v) is 12.5. The van der Waals surface area contributed by atoms with E-state index >= 15 is 0 Å². The van der Waals surface area contributed by atoms with Gasteiger partial charge in [-0.2, -0.15) is 0 Å². The van der Waals surface area contributed by atoms with Gasteiger partial charge in [-0.25, -0.2) is 4.79 Å². The minimum atomic E-state index is -0.481. The highest BCUT2D eigenvalue weighted by Crippen LogP contribution is 2.28. The lowest BCUT2D eigenvalue weighted by atomic mass is 9.90. The fraction of sp³-hybridized carbons (Fsp3) is 0.359. The number of nitrogens with one attached hydrogen (secondary N) is 4. The average molecular weight is 649 g/mol. The predicted octanol–water partition coefficient (Wildman–Crippen LogP) is 5.54. The Morgan fingerprint density at radius 1 is 0.979 bits per heavy atom. The van der Waals surface area contributed by atoms with Gasteiger partial charge in [-0.1, -0.05) is 110 Å². The molecule has 9 heteroatoms. The van der Waals surface area contributed by atoms with Crippen LogP contribution in [0.2, 0.25) is 0 Å². The number of hydrogen-bond donors (Lipinski definition) is 5. The molecule has 9 nitrogen and oxygen atoms in total. The Morgan fingerprint density at radius 2 is 1.65 bits per heavy atom. The van der Waals surface area contributed by atoms with E-state index in [4.69, 9.17) is 15.9 Å².